The molecule has 0 aliphatic carbocycles. The zero-order valence-electron chi connectivity index (χ0n) is 10.2. The molecular weight excluding hydrogens is 284 g/mol. The smallest absolute Gasteiger partial charge is 1.00 e. The molecule has 0 aromatic heterocycles. The molecule has 0 bridgehead atoms. The van der Waals surface area contributed by atoms with Gasteiger partial charge in [-0.1, -0.05) is 67.9 Å². The molecule has 0 saturated carbocycles. The van der Waals surface area contributed by atoms with Crippen LogP contribution < -0.4 is 17.0 Å². The molecule has 2 aromatic carbocycles. The SMILES string of the molecule is CCCc1ccc(-c2ccccc2)cc1.[Br-].[Mg+2]. The minimum Gasteiger partial charge on any atom is -1.00 e. The third-order valence-electron chi connectivity index (χ3n) is 2.60. The Kier molecular flexibility index (Phi) is 8.57. The quantitative estimate of drug-likeness (QED) is 0.740. The molecule has 0 radical (unpaired) electrons. The van der Waals surface area contributed by atoms with Gasteiger partial charge in [0.15, 0.2) is 0 Å². The molecule has 2 aromatic rings. The molecule has 84 valence electrons. The van der Waals surface area contributed by atoms with Crippen molar-refractivity contribution in [1.82, 2.24) is 0 Å². The largest absolute Gasteiger partial charge is 2.00 e. The number of hydrogen-bond acceptors (Lipinski definition) is 0. The van der Waals surface area contributed by atoms with Crippen LogP contribution >= 0.6 is 0 Å². The van der Waals surface area contributed by atoms with E-state index in [2.05, 4.69) is 61.5 Å². The first kappa shape index (κ1) is 16.7. The average molecular weight is 301 g/mol. The fourth-order valence-corrected chi connectivity index (χ4v) is 1.78. The summed E-state index contributed by atoms with van der Waals surface area (Å²) in [7, 11) is 0. The maximum absolute atomic E-state index is 2.23. The summed E-state index contributed by atoms with van der Waals surface area (Å²) in [6.45, 7) is 2.21. The van der Waals surface area contributed by atoms with Gasteiger partial charge in [0.1, 0.15) is 0 Å². The van der Waals surface area contributed by atoms with E-state index in [9.17, 15) is 0 Å². The summed E-state index contributed by atoms with van der Waals surface area (Å²) in [6.07, 6.45) is 2.39. The molecule has 2 heteroatoms. The molecule has 0 atom stereocenters. The third kappa shape index (κ3) is 4.82. The van der Waals surface area contributed by atoms with Gasteiger partial charge in [0.2, 0.25) is 0 Å². The summed E-state index contributed by atoms with van der Waals surface area (Å²) in [6, 6.07) is 19.4. The van der Waals surface area contributed by atoms with E-state index >= 15 is 0 Å². The van der Waals surface area contributed by atoms with E-state index in [1.807, 2.05) is 0 Å². The van der Waals surface area contributed by atoms with E-state index in [4.69, 9.17) is 0 Å². The van der Waals surface area contributed by atoms with Crippen LogP contribution in [-0.2, 0) is 6.42 Å². The van der Waals surface area contributed by atoms with Crippen molar-refractivity contribution >= 4 is 23.1 Å². The monoisotopic (exact) mass is 299 g/mol. The van der Waals surface area contributed by atoms with Crippen LogP contribution in [0.15, 0.2) is 54.6 Å². The van der Waals surface area contributed by atoms with E-state index in [1.54, 1.807) is 0 Å². The molecule has 0 amide bonds. The van der Waals surface area contributed by atoms with Crippen LogP contribution in [0.5, 0.6) is 0 Å². The Labute approximate surface area is 130 Å². The number of halogens is 1. The van der Waals surface area contributed by atoms with Crippen molar-refractivity contribution in [3.63, 3.8) is 0 Å². The van der Waals surface area contributed by atoms with Gasteiger partial charge in [-0.15, -0.1) is 0 Å². The molecule has 0 nitrogen and oxygen atoms in total. The van der Waals surface area contributed by atoms with Gasteiger partial charge < -0.3 is 17.0 Å². The Morgan fingerprint density at radius 3 is 1.82 bits per heavy atom. The zero-order chi connectivity index (χ0) is 10.5. The van der Waals surface area contributed by atoms with Crippen molar-refractivity contribution in [2.24, 2.45) is 0 Å². The Balaban J connectivity index is 0.00000128. The number of benzene rings is 2. The van der Waals surface area contributed by atoms with Gasteiger partial charge in [-0.2, -0.15) is 0 Å². The van der Waals surface area contributed by atoms with Gasteiger partial charge >= 0.3 is 23.1 Å². The van der Waals surface area contributed by atoms with Crippen LogP contribution in [0, 0.1) is 0 Å². The second-order valence-electron chi connectivity index (χ2n) is 3.81. The molecule has 17 heavy (non-hydrogen) atoms. The van der Waals surface area contributed by atoms with Gasteiger partial charge in [0.05, 0.1) is 0 Å². The molecule has 0 heterocycles. The Bertz CT molecular complexity index is 409. The third-order valence-corrected chi connectivity index (χ3v) is 2.60. The second-order valence-corrected chi connectivity index (χ2v) is 3.81. The van der Waals surface area contributed by atoms with E-state index in [-0.39, 0.29) is 40.0 Å². The predicted molar refractivity (Wildman–Crippen MR) is 71.6 cm³/mol. The molecule has 0 unspecified atom stereocenters. The molecule has 0 N–H and O–H groups in total. The second kappa shape index (κ2) is 8.73. The van der Waals surface area contributed by atoms with Crippen LogP contribution in [0.4, 0.5) is 0 Å². The summed E-state index contributed by atoms with van der Waals surface area (Å²) in [5.74, 6) is 0. The van der Waals surface area contributed by atoms with Crippen LogP contribution in [0.3, 0.4) is 0 Å². The summed E-state index contributed by atoms with van der Waals surface area (Å²) in [4.78, 5) is 0. The number of hydrogen-bond donors (Lipinski definition) is 0. The van der Waals surface area contributed by atoms with Gasteiger partial charge in [0.25, 0.3) is 0 Å². The van der Waals surface area contributed by atoms with Crippen LogP contribution in [0.25, 0.3) is 11.1 Å². The van der Waals surface area contributed by atoms with Gasteiger partial charge in [-0.05, 0) is 23.1 Å². The van der Waals surface area contributed by atoms with Crippen molar-refractivity contribution in [3.05, 3.63) is 60.2 Å². The van der Waals surface area contributed by atoms with Crippen molar-refractivity contribution < 1.29 is 17.0 Å². The first-order valence-corrected chi connectivity index (χ1v) is 5.54. The summed E-state index contributed by atoms with van der Waals surface area (Å²) >= 11 is 0. The summed E-state index contributed by atoms with van der Waals surface area (Å²) in [5.41, 5.74) is 4.02. The molecule has 0 aliphatic heterocycles. The first-order chi connectivity index (χ1) is 7.40. The number of rotatable bonds is 3. The van der Waals surface area contributed by atoms with E-state index in [0.29, 0.717) is 0 Å². The van der Waals surface area contributed by atoms with Crippen molar-refractivity contribution in [1.29, 1.82) is 0 Å². The van der Waals surface area contributed by atoms with Gasteiger partial charge in [-0.3, -0.25) is 0 Å². The van der Waals surface area contributed by atoms with Crippen molar-refractivity contribution in [3.8, 4) is 11.1 Å². The molecule has 0 aliphatic rings. The first-order valence-electron chi connectivity index (χ1n) is 5.54. The van der Waals surface area contributed by atoms with Gasteiger partial charge in [0, 0.05) is 0 Å². The number of aryl methyl sites for hydroxylation is 1. The average Bonchev–Trinajstić information content (AvgIpc) is 2.32. The molecule has 2 rings (SSSR count). The molecule has 0 fully saturated rings. The Morgan fingerprint density at radius 2 is 1.29 bits per heavy atom. The van der Waals surface area contributed by atoms with Crippen LogP contribution in [0.2, 0.25) is 0 Å². The van der Waals surface area contributed by atoms with Crippen LogP contribution in [-0.4, -0.2) is 23.1 Å². The zero-order valence-corrected chi connectivity index (χ0v) is 13.2. The standard InChI is InChI=1S/C15H16.BrH.Mg/c1-2-6-13-9-11-15(12-10-13)14-7-4-3-5-8-14;;/h3-5,7-12H,2,6H2,1H3;1H;/q;;+2/p-1. The summed E-state index contributed by atoms with van der Waals surface area (Å²) in [5, 5.41) is 0. The maximum atomic E-state index is 2.23. The predicted octanol–water partition coefficient (Wildman–Crippen LogP) is 0.929. The maximum Gasteiger partial charge on any atom is 2.00 e. The van der Waals surface area contributed by atoms with Gasteiger partial charge in [-0.25, -0.2) is 0 Å². The molecule has 0 spiro atoms. The Hall–Kier alpha value is -0.314. The molecular formula is C15H16BrMg+. The minimum absolute atomic E-state index is 0. The fourth-order valence-electron chi connectivity index (χ4n) is 1.78. The van der Waals surface area contributed by atoms with E-state index in [1.165, 1.54) is 29.5 Å². The van der Waals surface area contributed by atoms with E-state index < -0.39 is 0 Å². The normalized spacial score (nSPS) is 9.00. The Morgan fingerprint density at radius 1 is 0.765 bits per heavy atom. The molecule has 0 saturated heterocycles. The van der Waals surface area contributed by atoms with E-state index in [0.717, 1.165) is 0 Å². The van der Waals surface area contributed by atoms with Crippen molar-refractivity contribution in [2.45, 2.75) is 19.8 Å². The summed E-state index contributed by atoms with van der Waals surface area (Å²) < 4.78 is 0. The topological polar surface area (TPSA) is 0 Å². The van der Waals surface area contributed by atoms with Crippen molar-refractivity contribution in [2.75, 3.05) is 0 Å². The fraction of sp³-hybridized carbons (Fsp3) is 0.200. The minimum atomic E-state index is 0. The van der Waals surface area contributed by atoms with Crippen LogP contribution in [0.1, 0.15) is 18.9 Å².